The summed E-state index contributed by atoms with van der Waals surface area (Å²) in [6.07, 6.45) is 0. The van der Waals surface area contributed by atoms with Crippen molar-refractivity contribution in [2.45, 2.75) is 0 Å². The fourth-order valence-corrected chi connectivity index (χ4v) is 5.38. The van der Waals surface area contributed by atoms with Gasteiger partial charge in [-0.2, -0.15) is 0 Å². The molecule has 0 heterocycles. The lowest BCUT2D eigenvalue weighted by molar-refractivity contribution is 1.64. The molecule has 0 aliphatic carbocycles. The third-order valence-electron chi connectivity index (χ3n) is 6.94. The van der Waals surface area contributed by atoms with Crippen molar-refractivity contribution in [2.24, 2.45) is 0 Å². The van der Waals surface area contributed by atoms with E-state index in [1.165, 1.54) is 0 Å². The van der Waals surface area contributed by atoms with Gasteiger partial charge in [0.2, 0.25) is 0 Å². The summed E-state index contributed by atoms with van der Waals surface area (Å²) in [5, 5.41) is 5.87. The van der Waals surface area contributed by atoms with Gasteiger partial charge >= 0.3 is 0 Å². The standard InChI is InChI=1S/C36H24/c1-3-13-26(14-4-1)35-31-19-9-10-20-32(31)36(27-15-5-2-6-16-27)34-24-28(22-23-33(34)35)30-21-11-17-25-12-7-8-18-29(25)30/h1-24H/i2D,5D,6D,15D,16D. The summed E-state index contributed by atoms with van der Waals surface area (Å²) in [4.78, 5) is 0. The Bertz CT molecular complexity index is 2110. The van der Waals surface area contributed by atoms with Gasteiger partial charge < -0.3 is 0 Å². The van der Waals surface area contributed by atoms with E-state index >= 15 is 0 Å². The van der Waals surface area contributed by atoms with Gasteiger partial charge in [-0.15, -0.1) is 0 Å². The second kappa shape index (κ2) is 8.52. The van der Waals surface area contributed by atoms with E-state index in [9.17, 15) is 0 Å². The molecule has 0 radical (unpaired) electrons. The summed E-state index contributed by atoms with van der Waals surface area (Å²) in [7, 11) is 0. The van der Waals surface area contributed by atoms with Gasteiger partial charge in [0.25, 0.3) is 0 Å². The van der Waals surface area contributed by atoms with Crippen molar-refractivity contribution in [3.8, 4) is 33.4 Å². The number of hydrogen-bond acceptors (Lipinski definition) is 0. The van der Waals surface area contributed by atoms with Crippen molar-refractivity contribution in [1.29, 1.82) is 0 Å². The smallest absolute Gasteiger partial charge is 0.0622 e. The lowest BCUT2D eigenvalue weighted by atomic mass is 9.84. The Morgan fingerprint density at radius 3 is 1.78 bits per heavy atom. The van der Waals surface area contributed by atoms with Crippen LogP contribution >= 0.6 is 0 Å². The molecule has 36 heavy (non-hydrogen) atoms. The first-order valence-corrected chi connectivity index (χ1v) is 12.0. The van der Waals surface area contributed by atoms with Crippen LogP contribution in [0.5, 0.6) is 0 Å². The summed E-state index contributed by atoms with van der Waals surface area (Å²) in [6.45, 7) is 0. The zero-order valence-electron chi connectivity index (χ0n) is 24.5. The molecule has 0 amide bonds. The van der Waals surface area contributed by atoms with Gasteiger partial charge in [0, 0.05) is 0 Å². The largest absolute Gasteiger partial charge is 0.0629 e. The molecule has 0 nitrogen and oxygen atoms in total. The normalized spacial score (nSPS) is 13.3. The van der Waals surface area contributed by atoms with Crippen LogP contribution in [0.2, 0.25) is 0 Å². The maximum absolute atomic E-state index is 8.89. The van der Waals surface area contributed by atoms with Crippen molar-refractivity contribution >= 4 is 32.3 Å². The van der Waals surface area contributed by atoms with Crippen molar-refractivity contribution in [3.63, 3.8) is 0 Å². The van der Waals surface area contributed by atoms with Gasteiger partial charge in [0.1, 0.15) is 0 Å². The average molecular weight is 462 g/mol. The zero-order valence-corrected chi connectivity index (χ0v) is 19.5. The molecule has 0 aliphatic heterocycles. The highest BCUT2D eigenvalue weighted by Gasteiger charge is 2.17. The maximum atomic E-state index is 8.89. The van der Waals surface area contributed by atoms with Crippen LogP contribution in [0.3, 0.4) is 0 Å². The highest BCUT2D eigenvalue weighted by molar-refractivity contribution is 6.22. The van der Waals surface area contributed by atoms with Gasteiger partial charge in [-0.05, 0) is 71.8 Å². The quantitative estimate of drug-likeness (QED) is 0.230. The highest BCUT2D eigenvalue weighted by atomic mass is 14.2. The maximum Gasteiger partial charge on any atom is 0.0629 e. The van der Waals surface area contributed by atoms with E-state index in [0.29, 0.717) is 5.56 Å². The zero-order chi connectivity index (χ0) is 28.2. The molecule has 0 atom stereocenters. The Labute approximate surface area is 218 Å². The Morgan fingerprint density at radius 1 is 0.389 bits per heavy atom. The molecule has 0 aromatic heterocycles. The molecular weight excluding hydrogens is 432 g/mol. The Hall–Kier alpha value is -4.68. The minimum atomic E-state index is -0.394. The molecule has 0 bridgehead atoms. The first-order valence-electron chi connectivity index (χ1n) is 14.5. The van der Waals surface area contributed by atoms with E-state index in [1.807, 2.05) is 54.6 Å². The van der Waals surface area contributed by atoms with Crippen LogP contribution in [0.1, 0.15) is 6.85 Å². The molecule has 0 N–H and O–H groups in total. The van der Waals surface area contributed by atoms with Gasteiger partial charge in [-0.25, -0.2) is 0 Å². The van der Waals surface area contributed by atoms with E-state index in [-0.39, 0.29) is 29.7 Å². The van der Waals surface area contributed by atoms with E-state index in [0.717, 1.165) is 54.6 Å². The van der Waals surface area contributed by atoms with Crippen molar-refractivity contribution in [3.05, 3.63) is 145 Å². The Morgan fingerprint density at radius 2 is 1.00 bits per heavy atom. The first-order chi connectivity index (χ1) is 20.0. The molecule has 0 spiro atoms. The SMILES string of the molecule is [2H]c1c([2H])c([2H])c(-c2c3ccccc3c(-c3ccccc3)c3ccc(-c4cccc5ccccc45)cc23)c([2H])c1[2H]. The fraction of sp³-hybridized carbons (Fsp3) is 0. The molecule has 0 fully saturated rings. The van der Waals surface area contributed by atoms with Gasteiger partial charge in [0.05, 0.1) is 6.85 Å². The monoisotopic (exact) mass is 461 g/mol. The molecule has 7 aromatic carbocycles. The highest BCUT2D eigenvalue weighted by Crippen LogP contribution is 2.45. The molecule has 0 saturated carbocycles. The second-order valence-electron chi connectivity index (χ2n) is 8.95. The van der Waals surface area contributed by atoms with Crippen LogP contribution < -0.4 is 0 Å². The molecular formula is C36H24. The number of hydrogen-bond donors (Lipinski definition) is 0. The third-order valence-corrected chi connectivity index (χ3v) is 6.94. The molecule has 0 saturated heterocycles. The van der Waals surface area contributed by atoms with Crippen molar-refractivity contribution < 1.29 is 6.85 Å². The summed E-state index contributed by atoms with van der Waals surface area (Å²) in [6, 6.07) is 37.6. The van der Waals surface area contributed by atoms with Crippen molar-refractivity contribution in [2.75, 3.05) is 0 Å². The minimum Gasteiger partial charge on any atom is -0.0622 e. The topological polar surface area (TPSA) is 0 Å². The number of fused-ring (bicyclic) bond motifs is 3. The van der Waals surface area contributed by atoms with Gasteiger partial charge in [-0.3, -0.25) is 0 Å². The molecule has 0 heteroatoms. The van der Waals surface area contributed by atoms with Gasteiger partial charge in [-0.1, -0.05) is 139 Å². The van der Waals surface area contributed by atoms with E-state index < -0.39 is 6.04 Å². The second-order valence-corrected chi connectivity index (χ2v) is 8.95. The lowest BCUT2D eigenvalue weighted by Gasteiger charge is -2.19. The molecule has 0 aliphatic rings. The predicted molar refractivity (Wildman–Crippen MR) is 155 cm³/mol. The average Bonchev–Trinajstić information content (AvgIpc) is 3.02. The minimum absolute atomic E-state index is 0.203. The van der Waals surface area contributed by atoms with Crippen LogP contribution in [0.25, 0.3) is 65.7 Å². The summed E-state index contributed by atoms with van der Waals surface area (Å²) >= 11 is 0. The predicted octanol–water partition coefficient (Wildman–Crippen LogP) is 10.1. The molecule has 7 rings (SSSR count). The van der Waals surface area contributed by atoms with Crippen LogP contribution in [-0.4, -0.2) is 0 Å². The van der Waals surface area contributed by atoms with E-state index in [2.05, 4.69) is 60.7 Å². The summed E-state index contributed by atoms with van der Waals surface area (Å²) in [5.74, 6) is 0. The summed E-state index contributed by atoms with van der Waals surface area (Å²) in [5.41, 5.74) is 5.04. The number of rotatable bonds is 3. The summed E-state index contributed by atoms with van der Waals surface area (Å²) < 4.78 is 42.9. The first kappa shape index (κ1) is 16.1. The molecule has 0 unspecified atom stereocenters. The fourth-order valence-electron chi connectivity index (χ4n) is 5.38. The Balaban J connectivity index is 1.69. The van der Waals surface area contributed by atoms with Crippen LogP contribution in [0.4, 0.5) is 0 Å². The van der Waals surface area contributed by atoms with E-state index in [4.69, 9.17) is 6.85 Å². The van der Waals surface area contributed by atoms with E-state index in [1.54, 1.807) is 0 Å². The van der Waals surface area contributed by atoms with Crippen molar-refractivity contribution in [1.82, 2.24) is 0 Å². The molecule has 168 valence electrons. The van der Waals surface area contributed by atoms with Crippen LogP contribution in [-0.2, 0) is 0 Å². The Kier molecular flexibility index (Phi) is 3.80. The number of benzene rings is 7. The third kappa shape index (κ3) is 3.31. The molecule has 7 aromatic rings. The van der Waals surface area contributed by atoms with Crippen LogP contribution in [0.15, 0.2) is 145 Å². The lowest BCUT2D eigenvalue weighted by Crippen LogP contribution is -1.91. The van der Waals surface area contributed by atoms with Gasteiger partial charge in [0.15, 0.2) is 0 Å². The van der Waals surface area contributed by atoms with Crippen LogP contribution in [0, 0.1) is 0 Å².